The molecule has 4 heterocycles. The van der Waals surface area contributed by atoms with Gasteiger partial charge in [-0.3, -0.25) is 4.98 Å². The minimum absolute atomic E-state index is 0.0381. The number of rotatable bonds is 4. The maximum absolute atomic E-state index is 6.86. The fourth-order valence-electron chi connectivity index (χ4n) is 5.02. The van der Waals surface area contributed by atoms with Crippen LogP contribution in [0.1, 0.15) is 48.9 Å². The van der Waals surface area contributed by atoms with Crippen LogP contribution in [-0.4, -0.2) is 27.8 Å². The van der Waals surface area contributed by atoms with E-state index < -0.39 is 0 Å². The van der Waals surface area contributed by atoms with Gasteiger partial charge in [-0.1, -0.05) is 24.6 Å². The molecule has 0 saturated carbocycles. The van der Waals surface area contributed by atoms with Crippen LogP contribution in [0, 0.1) is 12.8 Å². The van der Waals surface area contributed by atoms with Gasteiger partial charge in [0.1, 0.15) is 6.04 Å². The second kappa shape index (κ2) is 8.99. The largest absolute Gasteiger partial charge is 0.370 e. The maximum atomic E-state index is 6.86. The number of pyridine rings is 1. The highest BCUT2D eigenvalue weighted by Gasteiger charge is 2.42. The van der Waals surface area contributed by atoms with Crippen LogP contribution in [0.15, 0.2) is 54.7 Å². The summed E-state index contributed by atoms with van der Waals surface area (Å²) in [7, 11) is 2.10. The quantitative estimate of drug-likeness (QED) is 0.479. The average molecular weight is 480 g/mol. The standard InChI is InChI=1S/C26H30ClN5S/c1-17-11-14-31(15-12-17)22-10-8-19(16-20(22)27)32-25(23-9-7-18(2)30(23)3)24(29-26(32)33)21-6-4-5-13-28-21/h4-10,13,16-17,24-25H,11-12,14-15H2,1-3H3,(H,29,33)/t24-,25-/m1/s1. The summed E-state index contributed by atoms with van der Waals surface area (Å²) in [5.74, 6) is 0.783. The summed E-state index contributed by atoms with van der Waals surface area (Å²) >= 11 is 12.7. The van der Waals surface area contributed by atoms with Gasteiger partial charge in [0.25, 0.3) is 0 Å². The molecule has 3 aromatic rings. The van der Waals surface area contributed by atoms with E-state index in [4.69, 9.17) is 23.8 Å². The van der Waals surface area contributed by atoms with E-state index in [-0.39, 0.29) is 12.1 Å². The molecule has 2 atom stereocenters. The molecular formula is C26H30ClN5S. The lowest BCUT2D eigenvalue weighted by molar-refractivity contribution is 0.438. The normalized spacial score (nSPS) is 21.5. The van der Waals surface area contributed by atoms with Crippen LogP contribution in [0.4, 0.5) is 11.4 Å². The molecule has 5 nitrogen and oxygen atoms in total. The Morgan fingerprint density at radius 1 is 1.09 bits per heavy atom. The van der Waals surface area contributed by atoms with Crippen molar-refractivity contribution in [1.29, 1.82) is 0 Å². The summed E-state index contributed by atoms with van der Waals surface area (Å²) < 4.78 is 2.23. The van der Waals surface area contributed by atoms with Crippen molar-refractivity contribution >= 4 is 40.3 Å². The Hall–Kier alpha value is -2.57. The van der Waals surface area contributed by atoms with Gasteiger partial charge in [0.2, 0.25) is 0 Å². The van der Waals surface area contributed by atoms with Gasteiger partial charge >= 0.3 is 0 Å². The molecule has 0 amide bonds. The van der Waals surface area contributed by atoms with E-state index in [0.717, 1.165) is 41.1 Å². The first kappa shape index (κ1) is 22.2. The molecule has 2 aromatic heterocycles. The van der Waals surface area contributed by atoms with Gasteiger partial charge in [0.05, 0.1) is 22.4 Å². The number of piperidine rings is 1. The number of benzene rings is 1. The lowest BCUT2D eigenvalue weighted by Gasteiger charge is -2.33. The van der Waals surface area contributed by atoms with Crippen molar-refractivity contribution in [2.75, 3.05) is 22.9 Å². The number of aryl methyl sites for hydroxylation is 1. The van der Waals surface area contributed by atoms with E-state index in [9.17, 15) is 0 Å². The molecule has 2 saturated heterocycles. The van der Waals surface area contributed by atoms with Crippen LogP contribution in [-0.2, 0) is 7.05 Å². The topological polar surface area (TPSA) is 36.3 Å². The zero-order valence-electron chi connectivity index (χ0n) is 19.3. The van der Waals surface area contributed by atoms with Gasteiger partial charge in [-0.25, -0.2) is 0 Å². The first-order valence-corrected chi connectivity index (χ1v) is 12.4. The van der Waals surface area contributed by atoms with Gasteiger partial charge in [0.15, 0.2) is 5.11 Å². The number of hydrogen-bond acceptors (Lipinski definition) is 3. The Balaban J connectivity index is 1.53. The molecule has 0 radical (unpaired) electrons. The smallest absolute Gasteiger partial charge is 0.174 e. The molecular weight excluding hydrogens is 450 g/mol. The molecule has 0 aliphatic carbocycles. The van der Waals surface area contributed by atoms with E-state index >= 15 is 0 Å². The number of hydrogen-bond donors (Lipinski definition) is 1. The first-order chi connectivity index (χ1) is 15.9. The van der Waals surface area contributed by atoms with Crippen LogP contribution in [0.25, 0.3) is 0 Å². The zero-order valence-corrected chi connectivity index (χ0v) is 20.9. The molecule has 0 bridgehead atoms. The minimum atomic E-state index is -0.0614. The van der Waals surface area contributed by atoms with E-state index in [1.54, 1.807) is 0 Å². The summed E-state index contributed by atoms with van der Waals surface area (Å²) in [5, 5.41) is 4.99. The zero-order chi connectivity index (χ0) is 23.1. The number of nitrogens with one attached hydrogen (secondary N) is 1. The molecule has 0 spiro atoms. The summed E-state index contributed by atoms with van der Waals surface area (Å²) in [6, 6.07) is 16.6. The number of aromatic nitrogens is 2. The Morgan fingerprint density at radius 2 is 1.88 bits per heavy atom. The minimum Gasteiger partial charge on any atom is -0.370 e. The molecule has 2 aliphatic heterocycles. The Bertz CT molecular complexity index is 1150. The molecule has 7 heteroatoms. The Labute approximate surface area is 206 Å². The fourth-order valence-corrected chi connectivity index (χ4v) is 5.66. The second-order valence-electron chi connectivity index (χ2n) is 9.26. The lowest BCUT2D eigenvalue weighted by atomic mass is 9.98. The molecule has 172 valence electrons. The molecule has 1 N–H and O–H groups in total. The van der Waals surface area contributed by atoms with Crippen molar-refractivity contribution in [3.05, 3.63) is 76.8 Å². The monoisotopic (exact) mass is 479 g/mol. The van der Waals surface area contributed by atoms with Crippen LogP contribution in [0.2, 0.25) is 5.02 Å². The van der Waals surface area contributed by atoms with Gasteiger partial charge < -0.3 is 19.7 Å². The van der Waals surface area contributed by atoms with Crippen molar-refractivity contribution in [3.8, 4) is 0 Å². The van der Waals surface area contributed by atoms with E-state index in [1.165, 1.54) is 24.2 Å². The maximum Gasteiger partial charge on any atom is 0.174 e. The average Bonchev–Trinajstić information content (AvgIpc) is 3.33. The first-order valence-electron chi connectivity index (χ1n) is 11.6. The second-order valence-corrected chi connectivity index (χ2v) is 10.1. The SMILES string of the molecule is Cc1ccc([C@@H]2[C@@H](c3ccccn3)NC(=S)N2c2ccc(N3CCC(C)CC3)c(Cl)c2)n1C. The van der Waals surface area contributed by atoms with Crippen molar-refractivity contribution in [2.45, 2.75) is 38.8 Å². The number of anilines is 2. The summed E-state index contributed by atoms with van der Waals surface area (Å²) in [5.41, 5.74) is 5.46. The van der Waals surface area contributed by atoms with Gasteiger partial charge in [-0.15, -0.1) is 0 Å². The molecule has 2 fully saturated rings. The van der Waals surface area contributed by atoms with Gasteiger partial charge in [0, 0.05) is 43.4 Å². The molecule has 33 heavy (non-hydrogen) atoms. The molecule has 0 unspecified atom stereocenters. The van der Waals surface area contributed by atoms with E-state index in [2.05, 4.69) is 82.0 Å². The predicted octanol–water partition coefficient (Wildman–Crippen LogP) is 5.80. The fraction of sp³-hybridized carbons (Fsp3) is 0.385. The van der Waals surface area contributed by atoms with Crippen LogP contribution < -0.4 is 15.1 Å². The van der Waals surface area contributed by atoms with E-state index in [0.29, 0.717) is 5.11 Å². The highest BCUT2D eigenvalue weighted by Crippen LogP contribution is 2.43. The number of halogens is 1. The summed E-state index contributed by atoms with van der Waals surface area (Å²) in [6.45, 7) is 6.55. The Kier molecular flexibility index (Phi) is 6.06. The van der Waals surface area contributed by atoms with Crippen molar-refractivity contribution in [3.63, 3.8) is 0 Å². The van der Waals surface area contributed by atoms with Gasteiger partial charge in [-0.2, -0.15) is 0 Å². The van der Waals surface area contributed by atoms with Crippen molar-refractivity contribution in [2.24, 2.45) is 13.0 Å². The van der Waals surface area contributed by atoms with Crippen LogP contribution in [0.3, 0.4) is 0 Å². The van der Waals surface area contributed by atoms with Gasteiger partial charge in [-0.05, 0) is 80.4 Å². The molecule has 2 aliphatic rings. The highest BCUT2D eigenvalue weighted by molar-refractivity contribution is 7.80. The highest BCUT2D eigenvalue weighted by atomic mass is 35.5. The van der Waals surface area contributed by atoms with Crippen LogP contribution in [0.5, 0.6) is 0 Å². The van der Waals surface area contributed by atoms with Crippen molar-refractivity contribution in [1.82, 2.24) is 14.9 Å². The summed E-state index contributed by atoms with van der Waals surface area (Å²) in [6.07, 6.45) is 4.25. The predicted molar refractivity (Wildman–Crippen MR) is 140 cm³/mol. The molecule has 1 aromatic carbocycles. The molecule has 5 rings (SSSR count). The Morgan fingerprint density at radius 3 is 2.52 bits per heavy atom. The van der Waals surface area contributed by atoms with Crippen LogP contribution >= 0.6 is 23.8 Å². The van der Waals surface area contributed by atoms with Crippen molar-refractivity contribution < 1.29 is 0 Å². The third kappa shape index (κ3) is 4.11. The number of thiocarbonyl (C=S) groups is 1. The number of nitrogens with zero attached hydrogens (tertiary/aromatic N) is 4. The van der Waals surface area contributed by atoms with E-state index in [1.807, 2.05) is 18.3 Å². The third-order valence-electron chi connectivity index (χ3n) is 7.15. The summed E-state index contributed by atoms with van der Waals surface area (Å²) in [4.78, 5) is 9.24. The lowest BCUT2D eigenvalue weighted by Crippen LogP contribution is -2.33. The third-order valence-corrected chi connectivity index (χ3v) is 7.76.